The first-order valence-electron chi connectivity index (χ1n) is 10.3. The van der Waals surface area contributed by atoms with Crippen molar-refractivity contribution in [3.8, 4) is 0 Å². The molecule has 2 heterocycles. The predicted molar refractivity (Wildman–Crippen MR) is 111 cm³/mol. The minimum atomic E-state index is -0.284. The Morgan fingerprint density at radius 1 is 0.867 bits per heavy atom. The molecule has 2 aliphatic heterocycles. The van der Waals surface area contributed by atoms with Crippen molar-refractivity contribution < 1.29 is 18.8 Å². The molecule has 0 bridgehead atoms. The predicted octanol–water partition coefficient (Wildman–Crippen LogP) is 2.94. The number of hydrogen-bond donors (Lipinski definition) is 0. The molecule has 0 unspecified atom stereocenters. The fourth-order valence-electron chi connectivity index (χ4n) is 4.07. The summed E-state index contributed by atoms with van der Waals surface area (Å²) in [7, 11) is 0. The van der Waals surface area contributed by atoms with Crippen LogP contribution in [0, 0.1) is 5.82 Å². The van der Waals surface area contributed by atoms with Gasteiger partial charge < -0.3 is 9.80 Å². The highest BCUT2D eigenvalue weighted by Crippen LogP contribution is 2.23. The van der Waals surface area contributed by atoms with Gasteiger partial charge in [0, 0.05) is 44.8 Å². The van der Waals surface area contributed by atoms with Crippen LogP contribution in [0.3, 0.4) is 0 Å². The van der Waals surface area contributed by atoms with E-state index in [1.165, 1.54) is 17.0 Å². The number of carbonyl (C=O) groups excluding carboxylic acids is 3. The van der Waals surface area contributed by atoms with Gasteiger partial charge in [0.1, 0.15) is 5.82 Å². The number of hydrogen-bond acceptors (Lipinski definition) is 4. The Morgan fingerprint density at radius 3 is 2.20 bits per heavy atom. The minimum Gasteiger partial charge on any atom is -0.370 e. The monoisotopic (exact) mass is 409 g/mol. The van der Waals surface area contributed by atoms with Gasteiger partial charge in [-0.3, -0.25) is 19.3 Å². The summed E-state index contributed by atoms with van der Waals surface area (Å²) in [5.74, 6) is -0.795. The zero-order chi connectivity index (χ0) is 21.1. The molecule has 3 amide bonds. The van der Waals surface area contributed by atoms with Crippen LogP contribution in [0.25, 0.3) is 0 Å². The van der Waals surface area contributed by atoms with Gasteiger partial charge in [-0.2, -0.15) is 0 Å². The normalized spacial score (nSPS) is 16.6. The summed E-state index contributed by atoms with van der Waals surface area (Å²) in [6.07, 6.45) is 1.58. The first kappa shape index (κ1) is 20.1. The summed E-state index contributed by atoms with van der Waals surface area (Å²) in [5.41, 5.74) is 1.82. The molecule has 0 atom stereocenters. The van der Waals surface area contributed by atoms with Crippen molar-refractivity contribution in [2.24, 2.45) is 0 Å². The van der Waals surface area contributed by atoms with Crippen LogP contribution in [0.1, 0.15) is 40.0 Å². The molecule has 7 heteroatoms. The molecule has 0 spiro atoms. The quantitative estimate of drug-likeness (QED) is 0.713. The molecule has 4 rings (SSSR count). The number of anilines is 1. The summed E-state index contributed by atoms with van der Waals surface area (Å²) in [6.45, 7) is 3.01. The third kappa shape index (κ3) is 4.06. The van der Waals surface area contributed by atoms with Crippen LogP contribution in [0.5, 0.6) is 0 Å². The number of nitrogens with zero attached hydrogens (tertiary/aromatic N) is 3. The molecular formula is C23H24FN3O3. The zero-order valence-electron chi connectivity index (χ0n) is 16.7. The average molecular weight is 409 g/mol. The molecule has 6 nitrogen and oxygen atoms in total. The van der Waals surface area contributed by atoms with Crippen molar-refractivity contribution in [1.29, 1.82) is 0 Å². The zero-order valence-corrected chi connectivity index (χ0v) is 16.7. The van der Waals surface area contributed by atoms with Crippen LogP contribution in [-0.2, 0) is 4.79 Å². The minimum absolute atomic E-state index is 0.0348. The molecule has 0 aromatic heterocycles. The van der Waals surface area contributed by atoms with Crippen molar-refractivity contribution in [2.75, 3.05) is 37.6 Å². The molecule has 0 N–H and O–H groups in total. The Morgan fingerprint density at radius 2 is 1.53 bits per heavy atom. The molecule has 30 heavy (non-hydrogen) atoms. The van der Waals surface area contributed by atoms with Crippen molar-refractivity contribution in [1.82, 2.24) is 9.80 Å². The summed E-state index contributed by atoms with van der Waals surface area (Å²) in [5, 5.41) is 0. The lowest BCUT2D eigenvalue weighted by Gasteiger charge is -2.24. The lowest BCUT2D eigenvalue weighted by molar-refractivity contribution is -0.131. The smallest absolute Gasteiger partial charge is 0.261 e. The van der Waals surface area contributed by atoms with Gasteiger partial charge in [0.05, 0.1) is 11.1 Å². The maximum atomic E-state index is 13.1. The first-order chi connectivity index (χ1) is 14.5. The number of imide groups is 1. The van der Waals surface area contributed by atoms with Crippen LogP contribution < -0.4 is 4.90 Å². The Bertz CT molecular complexity index is 925. The third-order valence-corrected chi connectivity index (χ3v) is 5.69. The SMILES string of the molecule is O=C(CCCN1C(=O)c2ccccc2C1=O)N1CCCN(c2ccc(F)cc2)CC1. The van der Waals surface area contributed by atoms with E-state index < -0.39 is 0 Å². The van der Waals surface area contributed by atoms with Gasteiger partial charge >= 0.3 is 0 Å². The number of fused-ring (bicyclic) bond motifs is 1. The molecule has 1 saturated heterocycles. The van der Waals surface area contributed by atoms with E-state index in [0.29, 0.717) is 43.6 Å². The highest BCUT2D eigenvalue weighted by molar-refractivity contribution is 6.21. The van der Waals surface area contributed by atoms with Crippen molar-refractivity contribution in [2.45, 2.75) is 19.3 Å². The van der Waals surface area contributed by atoms with E-state index in [2.05, 4.69) is 4.90 Å². The van der Waals surface area contributed by atoms with E-state index in [9.17, 15) is 18.8 Å². The molecule has 0 radical (unpaired) electrons. The summed E-state index contributed by atoms with van der Waals surface area (Å²) in [4.78, 5) is 42.7. The highest BCUT2D eigenvalue weighted by atomic mass is 19.1. The van der Waals surface area contributed by atoms with Gasteiger partial charge in [0.25, 0.3) is 11.8 Å². The average Bonchev–Trinajstić information content (AvgIpc) is 2.93. The molecule has 2 aliphatic rings. The Labute approximate surface area is 174 Å². The Balaban J connectivity index is 1.27. The van der Waals surface area contributed by atoms with E-state index in [1.807, 2.05) is 4.90 Å². The second-order valence-corrected chi connectivity index (χ2v) is 7.61. The summed E-state index contributed by atoms with van der Waals surface area (Å²) < 4.78 is 13.1. The van der Waals surface area contributed by atoms with Crippen LogP contribution in [0.4, 0.5) is 10.1 Å². The van der Waals surface area contributed by atoms with Crippen molar-refractivity contribution in [3.05, 3.63) is 65.5 Å². The van der Waals surface area contributed by atoms with Crippen LogP contribution in [-0.4, -0.2) is 60.2 Å². The van der Waals surface area contributed by atoms with Crippen molar-refractivity contribution in [3.63, 3.8) is 0 Å². The van der Waals surface area contributed by atoms with Crippen LogP contribution in [0.15, 0.2) is 48.5 Å². The molecule has 0 saturated carbocycles. The topological polar surface area (TPSA) is 60.9 Å². The number of amides is 3. The standard InChI is InChI=1S/C23H24FN3O3/c24-17-8-10-18(11-9-17)25-12-4-13-26(16-15-25)21(28)7-3-14-27-22(29)19-5-1-2-6-20(19)23(27)30/h1-2,5-6,8-11H,3-4,7,12-16H2. The fourth-order valence-corrected chi connectivity index (χ4v) is 4.07. The number of benzene rings is 2. The molecule has 156 valence electrons. The summed E-state index contributed by atoms with van der Waals surface area (Å²) >= 11 is 0. The maximum Gasteiger partial charge on any atom is 0.261 e. The van der Waals surface area contributed by atoms with Gasteiger partial charge in [-0.15, -0.1) is 0 Å². The third-order valence-electron chi connectivity index (χ3n) is 5.69. The largest absolute Gasteiger partial charge is 0.370 e. The van der Waals surface area contributed by atoms with Crippen molar-refractivity contribution >= 4 is 23.4 Å². The van der Waals surface area contributed by atoms with E-state index in [1.54, 1.807) is 36.4 Å². The van der Waals surface area contributed by atoms with Crippen LogP contribution >= 0.6 is 0 Å². The number of halogens is 1. The van der Waals surface area contributed by atoms with Gasteiger partial charge in [-0.1, -0.05) is 12.1 Å². The molecular weight excluding hydrogens is 385 g/mol. The molecule has 0 aliphatic carbocycles. The number of carbonyl (C=O) groups is 3. The second-order valence-electron chi connectivity index (χ2n) is 7.61. The summed E-state index contributed by atoms with van der Waals surface area (Å²) in [6, 6.07) is 13.2. The van der Waals surface area contributed by atoms with E-state index in [-0.39, 0.29) is 30.1 Å². The lowest BCUT2D eigenvalue weighted by atomic mass is 10.1. The van der Waals surface area contributed by atoms with E-state index >= 15 is 0 Å². The second kappa shape index (κ2) is 8.65. The Kier molecular flexibility index (Phi) is 5.79. The molecule has 2 aromatic carbocycles. The fraction of sp³-hybridized carbons (Fsp3) is 0.348. The first-order valence-corrected chi connectivity index (χ1v) is 10.3. The van der Waals surface area contributed by atoms with Gasteiger partial charge in [0.2, 0.25) is 5.91 Å². The highest BCUT2D eigenvalue weighted by Gasteiger charge is 2.34. The molecule has 2 aromatic rings. The van der Waals surface area contributed by atoms with E-state index in [4.69, 9.17) is 0 Å². The molecule has 1 fully saturated rings. The number of rotatable bonds is 5. The van der Waals surface area contributed by atoms with Gasteiger partial charge in [-0.05, 0) is 49.2 Å². The lowest BCUT2D eigenvalue weighted by Crippen LogP contribution is -2.36. The Hall–Kier alpha value is -3.22. The van der Waals surface area contributed by atoms with Crippen LogP contribution in [0.2, 0.25) is 0 Å². The maximum absolute atomic E-state index is 13.1. The van der Waals surface area contributed by atoms with E-state index in [0.717, 1.165) is 18.7 Å². The van der Waals surface area contributed by atoms with Gasteiger partial charge in [-0.25, -0.2) is 4.39 Å². The van der Waals surface area contributed by atoms with Gasteiger partial charge in [0.15, 0.2) is 0 Å².